The number of hydrogen-bond donors (Lipinski definition) is 1. The lowest BCUT2D eigenvalue weighted by Crippen LogP contribution is -2.30. The zero-order valence-corrected chi connectivity index (χ0v) is 11.7. The second-order valence-electron chi connectivity index (χ2n) is 4.41. The van der Waals surface area contributed by atoms with E-state index in [0.717, 1.165) is 10.0 Å². The van der Waals surface area contributed by atoms with Crippen LogP contribution in [0.1, 0.15) is 25.3 Å². The summed E-state index contributed by atoms with van der Waals surface area (Å²) < 4.78 is 5.92. The molecule has 0 heterocycles. The zero-order chi connectivity index (χ0) is 13.1. The second-order valence-corrected chi connectivity index (χ2v) is 5.27. The number of nitroso groups, excluding NO2 is 1. The highest BCUT2D eigenvalue weighted by atomic mass is 79.9. The Bertz CT molecular complexity index is 401. The number of rotatable bonds is 5. The average molecular weight is 302 g/mol. The number of nitrogens with zero attached hydrogens (tertiary/aromatic N) is 1. The first-order valence-electron chi connectivity index (χ1n) is 5.25. The summed E-state index contributed by atoms with van der Waals surface area (Å²) in [5.41, 5.74) is -0.146. The summed E-state index contributed by atoms with van der Waals surface area (Å²) in [5, 5.41) is 12.9. The van der Waals surface area contributed by atoms with Crippen molar-refractivity contribution in [2.75, 3.05) is 13.7 Å². The number of halogens is 1. The number of methoxy groups -OCH3 is 1. The van der Waals surface area contributed by atoms with Gasteiger partial charge in [0.1, 0.15) is 5.75 Å². The molecule has 0 amide bonds. The Kier molecular flexibility index (Phi) is 4.65. The Hall–Kier alpha value is -0.940. The minimum absolute atomic E-state index is 0.0439. The van der Waals surface area contributed by atoms with Gasteiger partial charge in [-0.2, -0.15) is 4.91 Å². The normalized spacial score (nSPS) is 13.2. The van der Waals surface area contributed by atoms with Crippen molar-refractivity contribution >= 4 is 15.9 Å². The summed E-state index contributed by atoms with van der Waals surface area (Å²) in [6, 6.07) is 5.47. The molecule has 0 spiro atoms. The summed E-state index contributed by atoms with van der Waals surface area (Å²) in [6.07, 6.45) is 0. The van der Waals surface area contributed by atoms with Gasteiger partial charge in [-0.05, 0) is 47.5 Å². The minimum Gasteiger partial charge on any atom is -0.496 e. The lowest BCUT2D eigenvalue weighted by molar-refractivity contribution is 0.0525. The van der Waals surface area contributed by atoms with Crippen LogP contribution >= 0.6 is 15.9 Å². The molecule has 4 nitrogen and oxygen atoms in total. The molecule has 0 aromatic heterocycles. The minimum atomic E-state index is -0.998. The second kappa shape index (κ2) is 5.60. The Balaban J connectivity index is 3.11. The molecular formula is C12H16BrNO3. The maximum absolute atomic E-state index is 10.4. The van der Waals surface area contributed by atoms with Gasteiger partial charge in [-0.25, -0.2) is 0 Å². The topological polar surface area (TPSA) is 58.9 Å². The molecule has 0 aliphatic carbocycles. The van der Waals surface area contributed by atoms with Crippen LogP contribution in [-0.2, 0) is 0 Å². The van der Waals surface area contributed by atoms with Gasteiger partial charge in [0.25, 0.3) is 0 Å². The van der Waals surface area contributed by atoms with E-state index in [4.69, 9.17) is 4.74 Å². The van der Waals surface area contributed by atoms with Gasteiger partial charge in [0.15, 0.2) is 0 Å². The van der Waals surface area contributed by atoms with E-state index < -0.39 is 5.60 Å². The molecule has 1 atom stereocenters. The van der Waals surface area contributed by atoms with Crippen molar-refractivity contribution in [3.63, 3.8) is 0 Å². The van der Waals surface area contributed by atoms with E-state index in [0.29, 0.717) is 5.75 Å². The third-order valence-corrected chi connectivity index (χ3v) is 3.31. The van der Waals surface area contributed by atoms with Gasteiger partial charge in [0.2, 0.25) is 0 Å². The predicted molar refractivity (Wildman–Crippen MR) is 70.4 cm³/mol. The Morgan fingerprint density at radius 2 is 2.18 bits per heavy atom. The first kappa shape index (κ1) is 14.1. The van der Waals surface area contributed by atoms with Crippen molar-refractivity contribution in [2.24, 2.45) is 5.18 Å². The summed E-state index contributed by atoms with van der Waals surface area (Å²) in [5.74, 6) is 0.379. The predicted octanol–water partition coefficient (Wildman–Crippen LogP) is 3.08. The van der Waals surface area contributed by atoms with Gasteiger partial charge in [0, 0.05) is 5.92 Å². The largest absolute Gasteiger partial charge is 0.496 e. The number of hydrogen-bond acceptors (Lipinski definition) is 4. The quantitative estimate of drug-likeness (QED) is 0.850. The van der Waals surface area contributed by atoms with Crippen molar-refractivity contribution in [3.05, 3.63) is 33.1 Å². The van der Waals surface area contributed by atoms with Crippen LogP contribution < -0.4 is 4.74 Å². The summed E-state index contributed by atoms with van der Waals surface area (Å²) in [4.78, 5) is 10.4. The van der Waals surface area contributed by atoms with E-state index >= 15 is 0 Å². The van der Waals surface area contributed by atoms with Crippen LogP contribution in [0.15, 0.2) is 27.8 Å². The number of aliphatic hydroxyl groups is 1. The maximum Gasteiger partial charge on any atom is 0.133 e. The molecule has 1 aromatic rings. The molecular weight excluding hydrogens is 286 g/mol. The fourth-order valence-corrected chi connectivity index (χ4v) is 2.27. The molecule has 0 bridgehead atoms. The van der Waals surface area contributed by atoms with Crippen LogP contribution in [0.4, 0.5) is 0 Å². The molecule has 1 N–H and O–H groups in total. The molecule has 0 saturated carbocycles. The Morgan fingerprint density at radius 3 is 2.59 bits per heavy atom. The van der Waals surface area contributed by atoms with E-state index in [2.05, 4.69) is 21.1 Å². The molecule has 1 aromatic carbocycles. The maximum atomic E-state index is 10.4. The van der Waals surface area contributed by atoms with E-state index in [1.165, 1.54) is 0 Å². The standard InChI is InChI=1S/C12H16BrNO3/c1-12(2,15)9(7-14-16)8-4-5-11(17-3)10(13)6-8/h4-6,9,15H,7H2,1-3H3. The van der Waals surface area contributed by atoms with Gasteiger partial charge in [-0.1, -0.05) is 11.2 Å². The fraction of sp³-hybridized carbons (Fsp3) is 0.500. The molecule has 0 radical (unpaired) electrons. The Labute approximate surface area is 109 Å². The van der Waals surface area contributed by atoms with Gasteiger partial charge in [-0.15, -0.1) is 0 Å². The van der Waals surface area contributed by atoms with Crippen molar-refractivity contribution in [3.8, 4) is 5.75 Å². The van der Waals surface area contributed by atoms with Gasteiger partial charge in [-0.3, -0.25) is 0 Å². The molecule has 1 rings (SSSR count). The first-order valence-corrected chi connectivity index (χ1v) is 6.04. The highest BCUT2D eigenvalue weighted by Crippen LogP contribution is 2.33. The Morgan fingerprint density at radius 1 is 1.53 bits per heavy atom. The molecule has 0 aliphatic rings. The van der Waals surface area contributed by atoms with E-state index in [1.807, 2.05) is 12.1 Å². The lowest BCUT2D eigenvalue weighted by atomic mass is 9.85. The van der Waals surface area contributed by atoms with Gasteiger partial charge < -0.3 is 9.84 Å². The molecule has 5 heteroatoms. The summed E-state index contributed by atoms with van der Waals surface area (Å²) in [6.45, 7) is 3.38. The summed E-state index contributed by atoms with van der Waals surface area (Å²) in [7, 11) is 1.58. The van der Waals surface area contributed by atoms with Crippen LogP contribution in [0.2, 0.25) is 0 Å². The van der Waals surface area contributed by atoms with Gasteiger partial charge >= 0.3 is 0 Å². The SMILES string of the molecule is COc1ccc(C(CN=O)C(C)(C)O)cc1Br. The molecule has 17 heavy (non-hydrogen) atoms. The molecule has 94 valence electrons. The molecule has 0 saturated heterocycles. The van der Waals surface area contributed by atoms with Crippen LogP contribution in [0.3, 0.4) is 0 Å². The van der Waals surface area contributed by atoms with Crippen LogP contribution in [0, 0.1) is 4.91 Å². The van der Waals surface area contributed by atoms with E-state index in [9.17, 15) is 10.0 Å². The van der Waals surface area contributed by atoms with Crippen LogP contribution in [0.5, 0.6) is 5.75 Å². The summed E-state index contributed by atoms with van der Waals surface area (Å²) >= 11 is 3.38. The fourth-order valence-electron chi connectivity index (χ4n) is 1.71. The number of ether oxygens (including phenoxy) is 1. The van der Waals surface area contributed by atoms with Crippen molar-refractivity contribution in [1.29, 1.82) is 0 Å². The van der Waals surface area contributed by atoms with Crippen molar-refractivity contribution < 1.29 is 9.84 Å². The van der Waals surface area contributed by atoms with E-state index in [1.54, 1.807) is 27.0 Å². The molecule has 0 aliphatic heterocycles. The highest BCUT2D eigenvalue weighted by Gasteiger charge is 2.29. The van der Waals surface area contributed by atoms with Crippen molar-refractivity contribution in [2.45, 2.75) is 25.4 Å². The zero-order valence-electron chi connectivity index (χ0n) is 10.1. The molecule has 1 unspecified atom stereocenters. The van der Waals surface area contributed by atoms with Crippen LogP contribution in [-0.4, -0.2) is 24.4 Å². The van der Waals surface area contributed by atoms with E-state index in [-0.39, 0.29) is 12.5 Å². The number of benzene rings is 1. The lowest BCUT2D eigenvalue weighted by Gasteiger charge is -2.27. The third kappa shape index (κ3) is 3.51. The highest BCUT2D eigenvalue weighted by molar-refractivity contribution is 9.10. The van der Waals surface area contributed by atoms with Crippen molar-refractivity contribution in [1.82, 2.24) is 0 Å². The average Bonchev–Trinajstić information content (AvgIpc) is 2.24. The monoisotopic (exact) mass is 301 g/mol. The third-order valence-electron chi connectivity index (χ3n) is 2.69. The molecule has 0 fully saturated rings. The van der Waals surface area contributed by atoms with Gasteiger partial charge in [0.05, 0.1) is 23.7 Å². The van der Waals surface area contributed by atoms with Crippen LogP contribution in [0.25, 0.3) is 0 Å². The first-order chi connectivity index (χ1) is 7.90. The smallest absolute Gasteiger partial charge is 0.133 e.